The molecule has 13 heavy (non-hydrogen) atoms. The summed E-state index contributed by atoms with van der Waals surface area (Å²) in [7, 11) is -2.99. The monoisotopic (exact) mass is 201 g/mol. The predicted octanol–water partition coefficient (Wildman–Crippen LogP) is 1.18. The first-order valence-electron chi connectivity index (χ1n) is 4.86. The number of rotatable bonds is 3. The minimum atomic E-state index is -2.99. The van der Waals surface area contributed by atoms with Crippen LogP contribution in [0.1, 0.15) is 32.1 Å². The second-order valence-corrected chi connectivity index (χ2v) is 5.82. The van der Waals surface area contributed by atoms with Crippen LogP contribution in [0.3, 0.4) is 0 Å². The molecule has 2 aliphatic rings. The molecule has 0 heterocycles. The van der Waals surface area contributed by atoms with Gasteiger partial charge in [-0.25, -0.2) is 13.1 Å². The number of hydrogen-bond donors (Lipinski definition) is 1. The average molecular weight is 201 g/mol. The van der Waals surface area contributed by atoms with Gasteiger partial charge in [-0.3, -0.25) is 0 Å². The Bertz CT molecular complexity index is 304. The van der Waals surface area contributed by atoms with Crippen LogP contribution in [0.2, 0.25) is 0 Å². The summed E-state index contributed by atoms with van der Waals surface area (Å²) in [5.74, 6) is 0. The average Bonchev–Trinajstić information content (AvgIpc) is 2.87. The van der Waals surface area contributed by atoms with Crippen molar-refractivity contribution >= 4 is 10.0 Å². The van der Waals surface area contributed by atoms with E-state index in [1.165, 1.54) is 0 Å². The fourth-order valence-corrected chi connectivity index (χ4v) is 3.16. The Morgan fingerprint density at radius 1 is 1.23 bits per heavy atom. The molecule has 1 unspecified atom stereocenters. The molecule has 1 saturated carbocycles. The Kier molecular flexibility index (Phi) is 2.43. The van der Waals surface area contributed by atoms with Gasteiger partial charge in [0.15, 0.2) is 0 Å². The minimum absolute atomic E-state index is 0.0550. The van der Waals surface area contributed by atoms with Gasteiger partial charge in [0.1, 0.15) is 0 Å². The van der Waals surface area contributed by atoms with Gasteiger partial charge < -0.3 is 0 Å². The summed E-state index contributed by atoms with van der Waals surface area (Å²) in [6.07, 6.45) is 8.84. The lowest BCUT2D eigenvalue weighted by Gasteiger charge is -2.17. The maximum Gasteiger partial charge on any atom is 0.215 e. The molecule has 0 aromatic carbocycles. The fraction of sp³-hybridized carbons (Fsp3) is 0.778. The highest BCUT2D eigenvalue weighted by atomic mass is 32.2. The highest BCUT2D eigenvalue weighted by molar-refractivity contribution is 7.90. The summed E-state index contributed by atoms with van der Waals surface area (Å²) >= 11 is 0. The second kappa shape index (κ2) is 3.42. The van der Waals surface area contributed by atoms with Crippen LogP contribution in [0.25, 0.3) is 0 Å². The van der Waals surface area contributed by atoms with Crippen molar-refractivity contribution in [3.8, 4) is 0 Å². The standard InChI is InChI=1S/C9H15NO2S/c11-13(12,9-6-7-9)10-8-4-2-1-3-5-8/h2,4,8-10H,1,3,5-7H2. The molecule has 0 spiro atoms. The minimum Gasteiger partial charge on any atom is -0.212 e. The largest absolute Gasteiger partial charge is 0.215 e. The molecule has 0 aromatic rings. The summed E-state index contributed by atoms with van der Waals surface area (Å²) in [6.45, 7) is 0. The maximum atomic E-state index is 11.5. The molecule has 0 aliphatic heterocycles. The van der Waals surface area contributed by atoms with E-state index >= 15 is 0 Å². The third-order valence-electron chi connectivity index (χ3n) is 2.53. The van der Waals surface area contributed by atoms with Gasteiger partial charge in [-0.2, -0.15) is 0 Å². The first kappa shape index (κ1) is 9.21. The van der Waals surface area contributed by atoms with Gasteiger partial charge in [0, 0.05) is 6.04 Å². The van der Waals surface area contributed by atoms with E-state index in [2.05, 4.69) is 10.8 Å². The third kappa shape index (κ3) is 2.31. The number of allylic oxidation sites excluding steroid dienone is 1. The molecule has 74 valence electrons. The zero-order valence-corrected chi connectivity index (χ0v) is 8.39. The molecule has 1 atom stereocenters. The molecule has 4 heteroatoms. The van der Waals surface area contributed by atoms with Gasteiger partial charge in [-0.1, -0.05) is 12.2 Å². The van der Waals surface area contributed by atoms with Crippen LogP contribution in [0.5, 0.6) is 0 Å². The van der Waals surface area contributed by atoms with Gasteiger partial charge in [-0.15, -0.1) is 0 Å². The molecule has 1 fully saturated rings. The highest BCUT2D eigenvalue weighted by Gasteiger charge is 2.36. The van der Waals surface area contributed by atoms with Crippen LogP contribution in [-0.2, 0) is 10.0 Å². The summed E-state index contributed by atoms with van der Waals surface area (Å²) in [6, 6.07) is 0.0550. The first-order valence-corrected chi connectivity index (χ1v) is 6.41. The molecule has 0 aromatic heterocycles. The Morgan fingerprint density at radius 2 is 2.00 bits per heavy atom. The van der Waals surface area contributed by atoms with E-state index in [-0.39, 0.29) is 11.3 Å². The predicted molar refractivity (Wildman–Crippen MR) is 51.9 cm³/mol. The molecule has 0 radical (unpaired) electrons. The van der Waals surface area contributed by atoms with Gasteiger partial charge in [-0.05, 0) is 32.1 Å². The molecule has 2 aliphatic carbocycles. The van der Waals surface area contributed by atoms with E-state index in [4.69, 9.17) is 0 Å². The second-order valence-electron chi connectivity index (χ2n) is 3.83. The van der Waals surface area contributed by atoms with Crippen molar-refractivity contribution < 1.29 is 8.42 Å². The smallest absolute Gasteiger partial charge is 0.212 e. The first-order chi connectivity index (χ1) is 6.18. The Labute approximate surface area is 79.3 Å². The van der Waals surface area contributed by atoms with E-state index in [0.717, 1.165) is 32.1 Å². The van der Waals surface area contributed by atoms with Crippen molar-refractivity contribution in [1.82, 2.24) is 4.72 Å². The van der Waals surface area contributed by atoms with Crippen LogP contribution in [0.15, 0.2) is 12.2 Å². The fourth-order valence-electron chi connectivity index (χ4n) is 1.60. The number of sulfonamides is 1. The number of nitrogens with one attached hydrogen (secondary N) is 1. The lowest BCUT2D eigenvalue weighted by atomic mass is 10.0. The Balaban J connectivity index is 1.96. The summed E-state index contributed by atoms with van der Waals surface area (Å²) in [4.78, 5) is 0. The van der Waals surface area contributed by atoms with E-state index < -0.39 is 10.0 Å². The Morgan fingerprint density at radius 3 is 2.54 bits per heavy atom. The lowest BCUT2D eigenvalue weighted by molar-refractivity contribution is 0.548. The quantitative estimate of drug-likeness (QED) is 0.697. The van der Waals surface area contributed by atoms with Crippen LogP contribution in [0, 0.1) is 0 Å². The van der Waals surface area contributed by atoms with Gasteiger partial charge in [0.2, 0.25) is 10.0 Å². The zero-order chi connectivity index (χ0) is 9.31. The van der Waals surface area contributed by atoms with Crippen molar-refractivity contribution in [3.05, 3.63) is 12.2 Å². The van der Waals surface area contributed by atoms with Crippen LogP contribution >= 0.6 is 0 Å². The molecule has 0 bridgehead atoms. The van der Waals surface area contributed by atoms with Crippen LogP contribution < -0.4 is 4.72 Å². The third-order valence-corrected chi connectivity index (χ3v) is 4.51. The molecular weight excluding hydrogens is 186 g/mol. The molecule has 0 amide bonds. The van der Waals surface area contributed by atoms with E-state index in [0.29, 0.717) is 0 Å². The number of hydrogen-bond acceptors (Lipinski definition) is 2. The lowest BCUT2D eigenvalue weighted by Crippen LogP contribution is -2.36. The van der Waals surface area contributed by atoms with Gasteiger partial charge in [0.05, 0.1) is 5.25 Å². The van der Waals surface area contributed by atoms with Gasteiger partial charge >= 0.3 is 0 Å². The summed E-state index contributed by atoms with van der Waals surface area (Å²) in [5, 5.41) is -0.0946. The topological polar surface area (TPSA) is 46.2 Å². The van der Waals surface area contributed by atoms with Crippen molar-refractivity contribution in [1.29, 1.82) is 0 Å². The highest BCUT2D eigenvalue weighted by Crippen LogP contribution is 2.28. The van der Waals surface area contributed by atoms with Crippen molar-refractivity contribution in [3.63, 3.8) is 0 Å². The van der Waals surface area contributed by atoms with E-state index in [1.807, 2.05) is 6.08 Å². The normalized spacial score (nSPS) is 29.1. The SMILES string of the molecule is O=S(=O)(NC1C=CCCC1)C1CC1. The molecule has 3 nitrogen and oxygen atoms in total. The van der Waals surface area contributed by atoms with Gasteiger partial charge in [0.25, 0.3) is 0 Å². The maximum absolute atomic E-state index is 11.5. The van der Waals surface area contributed by atoms with Crippen molar-refractivity contribution in [2.45, 2.75) is 43.4 Å². The zero-order valence-electron chi connectivity index (χ0n) is 7.57. The van der Waals surface area contributed by atoms with E-state index in [9.17, 15) is 8.42 Å². The van der Waals surface area contributed by atoms with Crippen molar-refractivity contribution in [2.75, 3.05) is 0 Å². The van der Waals surface area contributed by atoms with Crippen molar-refractivity contribution in [2.24, 2.45) is 0 Å². The Hall–Kier alpha value is -0.350. The molecule has 2 rings (SSSR count). The van der Waals surface area contributed by atoms with Crippen LogP contribution in [0.4, 0.5) is 0 Å². The molecule has 0 saturated heterocycles. The molecule has 1 N–H and O–H groups in total. The van der Waals surface area contributed by atoms with Crippen LogP contribution in [-0.4, -0.2) is 19.7 Å². The summed E-state index contributed by atoms with van der Waals surface area (Å²) < 4.78 is 25.8. The van der Waals surface area contributed by atoms with E-state index in [1.54, 1.807) is 0 Å². The summed E-state index contributed by atoms with van der Waals surface area (Å²) in [5.41, 5.74) is 0. The molecular formula is C9H15NO2S.